The van der Waals surface area contributed by atoms with Gasteiger partial charge in [0.05, 0.1) is 13.2 Å². The molecule has 1 aromatic carbocycles. The lowest BCUT2D eigenvalue weighted by molar-refractivity contribution is -0.129. The van der Waals surface area contributed by atoms with Crippen LogP contribution in [0.4, 0.5) is 10.5 Å². The lowest BCUT2D eigenvalue weighted by Crippen LogP contribution is -2.53. The quantitative estimate of drug-likeness (QED) is 0.0746. The van der Waals surface area contributed by atoms with Crippen molar-refractivity contribution < 1.29 is 33.4 Å². The number of nitrogens with zero attached hydrogens (tertiary/aromatic N) is 1. The van der Waals surface area contributed by atoms with Crippen molar-refractivity contribution in [2.24, 2.45) is 16.5 Å². The number of alkyl carbamates (subject to hydrolysis) is 1. The number of aliphatic imine (C=N–C) groups is 1. The van der Waals surface area contributed by atoms with Crippen LogP contribution in [0.15, 0.2) is 38.5 Å². The maximum Gasteiger partial charge on any atom is 0.408 e. The highest BCUT2D eigenvalue weighted by Gasteiger charge is 2.25. The summed E-state index contributed by atoms with van der Waals surface area (Å²) in [6.07, 6.45) is -0.443. The largest absolute Gasteiger partial charge is 0.444 e. The molecule has 1 heterocycles. The fourth-order valence-electron chi connectivity index (χ4n) is 3.58. The molecule has 0 aliphatic carbocycles. The first-order valence-electron chi connectivity index (χ1n) is 12.8. The summed E-state index contributed by atoms with van der Waals surface area (Å²) in [5.41, 5.74) is 10.6. The second-order valence-electron chi connectivity index (χ2n) is 10.1. The van der Waals surface area contributed by atoms with E-state index in [9.17, 15) is 29.1 Å². The summed E-state index contributed by atoms with van der Waals surface area (Å²) < 4.78 is 10.3. The number of carbonyl (C=O) groups excluding carboxylic acids is 4. The van der Waals surface area contributed by atoms with Gasteiger partial charge in [-0.3, -0.25) is 19.4 Å². The average molecular weight is 576 g/mol. The second kappa shape index (κ2) is 14.6. The number of ether oxygens (including phenoxy) is 1. The number of nitrogens with one attached hydrogen (secondary N) is 4. The van der Waals surface area contributed by atoms with Crippen LogP contribution in [0.5, 0.6) is 0 Å². The Labute approximate surface area is 236 Å². The number of carbonyl (C=O) groups is 4. The number of amides is 4. The number of hydrogen-bond donors (Lipinski definition) is 7. The number of aryl methyl sites for hydroxylation is 1. The van der Waals surface area contributed by atoms with Crippen LogP contribution >= 0.6 is 0 Å². The molecule has 0 saturated carbocycles. The van der Waals surface area contributed by atoms with Gasteiger partial charge in [-0.05, 0) is 58.2 Å². The number of rotatable bonds is 12. The van der Waals surface area contributed by atoms with E-state index in [4.69, 9.17) is 20.6 Å². The van der Waals surface area contributed by atoms with E-state index >= 15 is 0 Å². The Balaban J connectivity index is 2.06. The zero-order chi connectivity index (χ0) is 30.7. The third-order valence-corrected chi connectivity index (χ3v) is 5.43. The average Bonchev–Trinajstić information content (AvgIpc) is 2.86. The van der Waals surface area contributed by atoms with Crippen molar-refractivity contribution in [1.82, 2.24) is 16.0 Å². The number of aliphatic hydroxyl groups is 1. The summed E-state index contributed by atoms with van der Waals surface area (Å²) in [5.74, 6) is -2.25. The first-order chi connectivity index (χ1) is 19.2. The van der Waals surface area contributed by atoms with Crippen LogP contribution in [0.25, 0.3) is 11.0 Å². The molecule has 15 nitrogen and oxygen atoms in total. The van der Waals surface area contributed by atoms with Crippen LogP contribution in [0.1, 0.15) is 39.2 Å². The van der Waals surface area contributed by atoms with Gasteiger partial charge in [0.1, 0.15) is 23.3 Å². The molecule has 0 radical (unpaired) electrons. The van der Waals surface area contributed by atoms with Crippen molar-refractivity contribution in [3.8, 4) is 0 Å². The molecule has 0 spiro atoms. The van der Waals surface area contributed by atoms with Crippen molar-refractivity contribution in [2.75, 3.05) is 25.0 Å². The van der Waals surface area contributed by atoms with E-state index < -0.39 is 60.3 Å². The van der Waals surface area contributed by atoms with E-state index in [0.29, 0.717) is 23.1 Å². The zero-order valence-corrected chi connectivity index (χ0v) is 23.4. The van der Waals surface area contributed by atoms with Crippen LogP contribution in [0, 0.1) is 6.92 Å². The van der Waals surface area contributed by atoms with E-state index in [-0.39, 0.29) is 24.5 Å². The lowest BCUT2D eigenvalue weighted by Gasteiger charge is -2.22. The van der Waals surface area contributed by atoms with Gasteiger partial charge < -0.3 is 47.0 Å². The van der Waals surface area contributed by atoms with E-state index in [1.807, 2.05) is 0 Å². The van der Waals surface area contributed by atoms with Crippen molar-refractivity contribution >= 4 is 46.4 Å². The highest BCUT2D eigenvalue weighted by atomic mass is 16.6. The second-order valence-corrected chi connectivity index (χ2v) is 10.1. The molecule has 0 aliphatic rings. The maximum absolute atomic E-state index is 13.1. The van der Waals surface area contributed by atoms with Crippen molar-refractivity contribution in [3.05, 3.63) is 40.2 Å². The molecule has 0 bridgehead atoms. The molecule has 2 atom stereocenters. The fraction of sp³-hybridized carbons (Fsp3) is 0.462. The summed E-state index contributed by atoms with van der Waals surface area (Å²) in [6.45, 7) is 5.56. The topological polar surface area (TPSA) is 240 Å². The Bertz CT molecular complexity index is 1350. The smallest absolute Gasteiger partial charge is 0.408 e. The maximum atomic E-state index is 13.1. The van der Waals surface area contributed by atoms with Gasteiger partial charge in [0.25, 0.3) is 0 Å². The van der Waals surface area contributed by atoms with Crippen LogP contribution < -0.4 is 38.4 Å². The van der Waals surface area contributed by atoms with Gasteiger partial charge in [0.15, 0.2) is 5.96 Å². The molecule has 1 aromatic heterocycles. The number of hydrogen-bond acceptors (Lipinski definition) is 9. The molecule has 2 aromatic rings. The highest BCUT2D eigenvalue weighted by molar-refractivity contribution is 5.99. The van der Waals surface area contributed by atoms with Gasteiger partial charge in [0, 0.05) is 29.8 Å². The van der Waals surface area contributed by atoms with E-state index in [1.165, 1.54) is 12.1 Å². The number of aliphatic hydroxyl groups excluding tert-OH is 1. The third-order valence-electron chi connectivity index (χ3n) is 5.43. The van der Waals surface area contributed by atoms with E-state index in [2.05, 4.69) is 26.3 Å². The number of guanidine groups is 1. The van der Waals surface area contributed by atoms with Gasteiger partial charge in [-0.2, -0.15) is 0 Å². The Kier molecular flexibility index (Phi) is 11.6. The minimum Gasteiger partial charge on any atom is -0.444 e. The molecule has 4 amide bonds. The standard InChI is InChI=1S/C26H37N7O8/c1-14-10-21(36)40-19-11-15(7-8-16(14)19)31-23(38)17(6-5-9-29-24(27)28)32-20(35)12-30-22(37)18(13-34)33-25(39)41-26(2,3)4/h7-8,10-11,17-18,34H,5-6,9,12-13H2,1-4H3,(H,30,37)(H,31,38)(H,32,35)(H,33,39)(H4,27,28,29)/t17-,18-/m0/s1. The van der Waals surface area contributed by atoms with Crippen LogP contribution in [0.3, 0.4) is 0 Å². The van der Waals surface area contributed by atoms with Crippen LogP contribution in [0.2, 0.25) is 0 Å². The minimum atomic E-state index is -1.37. The van der Waals surface area contributed by atoms with Gasteiger partial charge in [0.2, 0.25) is 17.7 Å². The number of fused-ring (bicyclic) bond motifs is 1. The summed E-state index contributed by atoms with van der Waals surface area (Å²) in [5, 5.41) is 19.9. The first kappa shape index (κ1) is 32.6. The SMILES string of the molecule is Cc1cc(=O)oc2cc(NC(=O)[C@H](CCCN=C(N)N)NC(=O)CNC(=O)[C@H](CO)NC(=O)OC(C)(C)C)ccc12. The number of anilines is 1. The summed E-state index contributed by atoms with van der Waals surface area (Å²) in [4.78, 5) is 65.6. The minimum absolute atomic E-state index is 0.121. The number of nitrogens with two attached hydrogens (primary N) is 2. The van der Waals surface area contributed by atoms with Crippen molar-refractivity contribution in [2.45, 2.75) is 58.2 Å². The van der Waals surface area contributed by atoms with Gasteiger partial charge >= 0.3 is 11.7 Å². The first-order valence-corrected chi connectivity index (χ1v) is 12.8. The molecule has 224 valence electrons. The van der Waals surface area contributed by atoms with Crippen LogP contribution in [-0.4, -0.2) is 72.3 Å². The van der Waals surface area contributed by atoms with E-state index in [1.54, 1.807) is 39.8 Å². The molecule has 41 heavy (non-hydrogen) atoms. The molecule has 15 heteroatoms. The normalized spacial score (nSPS) is 12.5. The Morgan fingerprint density at radius 3 is 2.41 bits per heavy atom. The molecule has 9 N–H and O–H groups in total. The predicted octanol–water partition coefficient (Wildman–Crippen LogP) is -0.420. The predicted molar refractivity (Wildman–Crippen MR) is 151 cm³/mol. The monoisotopic (exact) mass is 575 g/mol. The molecule has 0 aliphatic heterocycles. The third kappa shape index (κ3) is 11.2. The van der Waals surface area contributed by atoms with Gasteiger partial charge in [-0.1, -0.05) is 0 Å². The molecule has 0 unspecified atom stereocenters. The summed E-state index contributed by atoms with van der Waals surface area (Å²) in [7, 11) is 0. The Morgan fingerprint density at radius 1 is 1.07 bits per heavy atom. The summed E-state index contributed by atoms with van der Waals surface area (Å²) in [6, 6.07) is 3.74. The lowest BCUT2D eigenvalue weighted by atomic mass is 10.1. The molecule has 0 fully saturated rings. The highest BCUT2D eigenvalue weighted by Crippen LogP contribution is 2.21. The Morgan fingerprint density at radius 2 is 1.78 bits per heavy atom. The van der Waals surface area contributed by atoms with Gasteiger partial charge in [-0.25, -0.2) is 9.59 Å². The molecular formula is C26H37N7O8. The van der Waals surface area contributed by atoms with Crippen LogP contribution in [-0.2, 0) is 19.1 Å². The molecule has 0 saturated heterocycles. The molecular weight excluding hydrogens is 538 g/mol. The van der Waals surface area contributed by atoms with Gasteiger partial charge in [-0.15, -0.1) is 0 Å². The molecule has 2 rings (SSSR count). The Hall–Kier alpha value is -4.66. The summed E-state index contributed by atoms with van der Waals surface area (Å²) >= 11 is 0. The van der Waals surface area contributed by atoms with E-state index in [0.717, 1.165) is 0 Å². The zero-order valence-electron chi connectivity index (χ0n) is 23.4. The van der Waals surface area contributed by atoms with Crippen molar-refractivity contribution in [3.63, 3.8) is 0 Å². The number of benzene rings is 1. The fourth-order valence-corrected chi connectivity index (χ4v) is 3.58. The van der Waals surface area contributed by atoms with Crippen molar-refractivity contribution in [1.29, 1.82) is 0 Å².